The van der Waals surface area contributed by atoms with E-state index in [1.54, 1.807) is 17.0 Å². The number of aromatic hydroxyl groups is 1. The monoisotopic (exact) mass is 604 g/mol. The van der Waals surface area contributed by atoms with E-state index < -0.39 is 5.82 Å². The fourth-order valence-electron chi connectivity index (χ4n) is 6.08. The Morgan fingerprint density at radius 2 is 2.12 bits per heavy atom. The topological polar surface area (TPSA) is 119 Å². The molecule has 4 heterocycles. The van der Waals surface area contributed by atoms with Crippen molar-refractivity contribution in [3.05, 3.63) is 54.0 Å². The number of likely N-dealkylation sites (tertiary alicyclic amines) is 1. The number of hydrogen-bond acceptors (Lipinski definition) is 9. The molecule has 2 aromatic heterocycles. The number of carbonyl (C=O) groups is 1. The van der Waals surface area contributed by atoms with Crippen LogP contribution in [0.1, 0.15) is 19.3 Å². The summed E-state index contributed by atoms with van der Waals surface area (Å²) < 4.78 is 26.8. The molecule has 0 unspecified atom stereocenters. The quantitative estimate of drug-likeness (QED) is 0.286. The average Bonchev–Trinajstić information content (AvgIpc) is 3.66. The minimum atomic E-state index is -0.753. The third-order valence-electron chi connectivity index (χ3n) is 8.31. The van der Waals surface area contributed by atoms with Gasteiger partial charge in [-0.05, 0) is 56.3 Å². The van der Waals surface area contributed by atoms with Crippen molar-refractivity contribution in [3.63, 3.8) is 0 Å². The third-order valence-corrected chi connectivity index (χ3v) is 8.69. The van der Waals surface area contributed by atoms with E-state index in [0.29, 0.717) is 59.5 Å². The zero-order valence-electron chi connectivity index (χ0n) is 23.6. The van der Waals surface area contributed by atoms with Crippen molar-refractivity contribution in [2.75, 3.05) is 44.7 Å². The van der Waals surface area contributed by atoms with Gasteiger partial charge in [-0.2, -0.15) is 15.2 Å². The van der Waals surface area contributed by atoms with Gasteiger partial charge in [-0.25, -0.2) is 4.39 Å². The Hall–Kier alpha value is -4.40. The highest BCUT2D eigenvalue weighted by atomic mass is 35.5. The van der Waals surface area contributed by atoms with E-state index in [-0.39, 0.29) is 46.8 Å². The number of ether oxygens (including phenoxy) is 1. The molecular formula is C31H30ClFN6O4. The van der Waals surface area contributed by atoms with E-state index in [9.17, 15) is 19.6 Å². The first-order valence-electron chi connectivity index (χ1n) is 14.1. The highest BCUT2D eigenvalue weighted by Gasteiger charge is 2.32. The number of benzene rings is 2. The van der Waals surface area contributed by atoms with Crippen LogP contribution in [0.5, 0.6) is 11.8 Å². The van der Waals surface area contributed by atoms with E-state index >= 15 is 0 Å². The molecular weight excluding hydrogens is 575 g/mol. The van der Waals surface area contributed by atoms with Crippen LogP contribution in [0.15, 0.2) is 47.6 Å². The Labute approximate surface area is 252 Å². The predicted molar refractivity (Wildman–Crippen MR) is 161 cm³/mol. The summed E-state index contributed by atoms with van der Waals surface area (Å²) in [7, 11) is 2.06. The van der Waals surface area contributed by atoms with Gasteiger partial charge >= 0.3 is 6.01 Å². The van der Waals surface area contributed by atoms with Crippen LogP contribution < -0.4 is 9.64 Å². The number of piperazine rings is 1. The number of rotatable bonds is 7. The fourth-order valence-corrected chi connectivity index (χ4v) is 6.29. The molecule has 1 N–H and O–H groups in total. The zero-order valence-corrected chi connectivity index (χ0v) is 24.3. The zero-order chi connectivity index (χ0) is 30.2. The van der Waals surface area contributed by atoms with Gasteiger partial charge in [0, 0.05) is 42.7 Å². The van der Waals surface area contributed by atoms with E-state index in [1.165, 1.54) is 18.4 Å². The largest absolute Gasteiger partial charge is 0.508 e. The first-order chi connectivity index (χ1) is 20.8. The Balaban J connectivity index is 1.51. The molecule has 222 valence electrons. The average molecular weight is 605 g/mol. The maximum absolute atomic E-state index is 14.6. The summed E-state index contributed by atoms with van der Waals surface area (Å²) in [5.74, 6) is -0.715. The molecule has 2 aliphatic rings. The Bertz CT molecular complexity index is 1770. The number of hydrogen-bond donors (Lipinski definition) is 1. The Kier molecular flexibility index (Phi) is 7.81. The number of furan rings is 1. The van der Waals surface area contributed by atoms with Gasteiger partial charge in [0.05, 0.1) is 40.7 Å². The molecule has 43 heavy (non-hydrogen) atoms. The van der Waals surface area contributed by atoms with E-state index in [4.69, 9.17) is 30.7 Å². The van der Waals surface area contributed by atoms with Crippen molar-refractivity contribution in [1.29, 1.82) is 5.26 Å². The van der Waals surface area contributed by atoms with E-state index in [2.05, 4.69) is 24.6 Å². The van der Waals surface area contributed by atoms with Crippen molar-refractivity contribution in [1.82, 2.24) is 19.8 Å². The van der Waals surface area contributed by atoms with Crippen LogP contribution >= 0.6 is 11.6 Å². The summed E-state index contributed by atoms with van der Waals surface area (Å²) in [4.78, 5) is 28.1. The molecule has 2 saturated heterocycles. The maximum Gasteiger partial charge on any atom is 0.319 e. The van der Waals surface area contributed by atoms with Crippen LogP contribution in [0.25, 0.3) is 33.0 Å². The fraction of sp³-hybridized carbons (Fsp3) is 0.355. The lowest BCUT2D eigenvalue weighted by Gasteiger charge is -2.41. The second kappa shape index (κ2) is 11.7. The molecule has 2 aliphatic heterocycles. The normalized spacial score (nSPS) is 19.2. The van der Waals surface area contributed by atoms with Crippen molar-refractivity contribution in [3.8, 4) is 29.0 Å². The molecule has 4 aromatic rings. The molecule has 0 radical (unpaired) electrons. The molecule has 1 amide bonds. The highest BCUT2D eigenvalue weighted by Crippen LogP contribution is 2.43. The van der Waals surface area contributed by atoms with Crippen molar-refractivity contribution in [2.45, 2.75) is 31.3 Å². The molecule has 2 atom stereocenters. The maximum atomic E-state index is 14.6. The van der Waals surface area contributed by atoms with Gasteiger partial charge < -0.3 is 29.0 Å². The summed E-state index contributed by atoms with van der Waals surface area (Å²) in [6.07, 6.45) is 5.01. The second-order valence-electron chi connectivity index (χ2n) is 10.9. The van der Waals surface area contributed by atoms with Crippen molar-refractivity contribution in [2.24, 2.45) is 0 Å². The number of halogens is 2. The lowest BCUT2D eigenvalue weighted by molar-refractivity contribution is -0.128. The van der Waals surface area contributed by atoms with Gasteiger partial charge in [0.15, 0.2) is 0 Å². The van der Waals surface area contributed by atoms with Gasteiger partial charge in [-0.3, -0.25) is 4.79 Å². The van der Waals surface area contributed by atoms with Gasteiger partial charge in [-0.1, -0.05) is 18.2 Å². The molecule has 12 heteroatoms. The number of amides is 1. The molecule has 0 aliphatic carbocycles. The number of nitriles is 1. The van der Waals surface area contributed by atoms with Crippen LogP contribution in [-0.4, -0.2) is 82.7 Å². The van der Waals surface area contributed by atoms with Crippen LogP contribution in [-0.2, 0) is 4.79 Å². The van der Waals surface area contributed by atoms with Crippen LogP contribution in [0.2, 0.25) is 5.02 Å². The molecule has 2 fully saturated rings. The SMILES string of the molecule is C=CC(=O)N1CCN(c2nc(OC[C@@H]3CCCN3C)nc3cc(-c4cc(O)cc(F)c4Cl)c4ccoc4c23)C[C@@H]1CC#N. The van der Waals surface area contributed by atoms with Crippen LogP contribution in [0.4, 0.5) is 10.2 Å². The second-order valence-corrected chi connectivity index (χ2v) is 11.3. The number of anilines is 1. The van der Waals surface area contributed by atoms with E-state index in [0.717, 1.165) is 25.5 Å². The molecule has 2 aromatic carbocycles. The number of nitrogens with zero attached hydrogens (tertiary/aromatic N) is 6. The Morgan fingerprint density at radius 3 is 2.86 bits per heavy atom. The molecule has 6 rings (SSSR count). The van der Waals surface area contributed by atoms with Crippen LogP contribution in [0.3, 0.4) is 0 Å². The van der Waals surface area contributed by atoms with Crippen molar-refractivity contribution >= 4 is 45.2 Å². The number of phenols is 1. The standard InChI is InChI=1S/C31H30ClFN6O4/c1-3-26(41)39-11-10-38(16-18(39)6-8-34)30-27-25(35-31(36-30)43-17-19-5-4-9-37(19)2)15-22(21-7-12-42-29(21)27)23-13-20(40)14-24(33)28(23)32/h3,7,12-15,18-19,40H,1,4-6,9-11,16-17H2,2H3/t18-,19-/m0/s1. The van der Waals surface area contributed by atoms with Gasteiger partial charge in [-0.15, -0.1) is 0 Å². The number of phenolic OH excluding ortho intramolecular Hbond substituents is 1. The molecule has 0 saturated carbocycles. The lowest BCUT2D eigenvalue weighted by Crippen LogP contribution is -2.55. The summed E-state index contributed by atoms with van der Waals surface area (Å²) in [5, 5.41) is 20.8. The third kappa shape index (κ3) is 5.32. The number of fused-ring (bicyclic) bond motifs is 3. The number of aromatic nitrogens is 2. The smallest absolute Gasteiger partial charge is 0.319 e. The summed E-state index contributed by atoms with van der Waals surface area (Å²) >= 11 is 6.38. The van der Waals surface area contributed by atoms with Crippen molar-refractivity contribution < 1.29 is 23.4 Å². The minimum Gasteiger partial charge on any atom is -0.508 e. The first kappa shape index (κ1) is 28.7. The summed E-state index contributed by atoms with van der Waals surface area (Å²) in [6.45, 7) is 6.15. The van der Waals surface area contributed by atoms with Gasteiger partial charge in [0.25, 0.3) is 0 Å². The minimum absolute atomic E-state index is 0.137. The van der Waals surface area contributed by atoms with E-state index in [1.807, 2.05) is 4.90 Å². The molecule has 0 spiro atoms. The number of carbonyl (C=O) groups excluding carboxylic acids is 1. The highest BCUT2D eigenvalue weighted by molar-refractivity contribution is 6.34. The summed E-state index contributed by atoms with van der Waals surface area (Å²) in [5.41, 5.74) is 1.73. The molecule has 10 nitrogen and oxygen atoms in total. The first-order valence-corrected chi connectivity index (χ1v) is 14.4. The van der Waals surface area contributed by atoms with Gasteiger partial charge in [0.2, 0.25) is 5.91 Å². The predicted octanol–water partition coefficient (Wildman–Crippen LogP) is 5.13. The van der Waals surface area contributed by atoms with Crippen LogP contribution in [0, 0.1) is 17.1 Å². The molecule has 0 bridgehead atoms. The lowest BCUT2D eigenvalue weighted by atomic mass is 9.98. The number of likely N-dealkylation sites (N-methyl/N-ethyl adjacent to an activating group) is 1. The summed E-state index contributed by atoms with van der Waals surface area (Å²) in [6, 6.07) is 8.06. The van der Waals surface area contributed by atoms with Gasteiger partial charge in [0.1, 0.15) is 29.6 Å². The Morgan fingerprint density at radius 1 is 1.28 bits per heavy atom.